The molecule has 0 spiro atoms. The number of halogens is 1. The summed E-state index contributed by atoms with van der Waals surface area (Å²) < 4.78 is 5.22. The summed E-state index contributed by atoms with van der Waals surface area (Å²) in [6, 6.07) is 2.67. The number of rotatable bonds is 7. The molecule has 8 nitrogen and oxygen atoms in total. The number of pyridine rings is 1. The lowest BCUT2D eigenvalue weighted by atomic mass is 10.2. The Labute approximate surface area is 168 Å². The Morgan fingerprint density at radius 2 is 1.96 bits per heavy atom. The summed E-state index contributed by atoms with van der Waals surface area (Å²) in [4.78, 5) is 39.7. The van der Waals surface area contributed by atoms with Gasteiger partial charge in [0.05, 0.1) is 11.1 Å². The van der Waals surface area contributed by atoms with E-state index in [1.807, 2.05) is 6.26 Å². The fourth-order valence-corrected chi connectivity index (χ4v) is 2.51. The minimum Gasteiger partial charge on any atom is -0.444 e. The number of thioether (sulfide) groups is 1. The quantitative estimate of drug-likeness (QED) is 0.589. The molecule has 3 N–H and O–H groups in total. The minimum atomic E-state index is -0.856. The molecule has 0 radical (unpaired) electrons. The highest BCUT2D eigenvalue weighted by atomic mass is 35.5. The highest BCUT2D eigenvalue weighted by molar-refractivity contribution is 7.98. The zero-order valence-corrected chi connectivity index (χ0v) is 17.4. The highest BCUT2D eigenvalue weighted by Gasteiger charge is 2.21. The van der Waals surface area contributed by atoms with E-state index in [9.17, 15) is 14.4 Å². The highest BCUT2D eigenvalue weighted by Crippen LogP contribution is 2.10. The lowest BCUT2D eigenvalue weighted by Crippen LogP contribution is -2.47. The average molecular weight is 417 g/mol. The van der Waals surface area contributed by atoms with Gasteiger partial charge in [-0.1, -0.05) is 11.6 Å². The van der Waals surface area contributed by atoms with Crippen LogP contribution in [0, 0.1) is 0 Å². The van der Waals surface area contributed by atoms with Crippen LogP contribution in [0.3, 0.4) is 0 Å². The van der Waals surface area contributed by atoms with E-state index in [1.165, 1.54) is 12.3 Å². The summed E-state index contributed by atoms with van der Waals surface area (Å²) in [5, 5.41) is 8.01. The lowest BCUT2D eigenvalue weighted by Gasteiger charge is -2.23. The van der Waals surface area contributed by atoms with Crippen molar-refractivity contribution in [3.8, 4) is 0 Å². The first-order chi connectivity index (χ1) is 12.6. The Morgan fingerprint density at radius 3 is 2.52 bits per heavy atom. The van der Waals surface area contributed by atoms with Crippen molar-refractivity contribution in [2.45, 2.75) is 38.8 Å². The molecule has 0 aromatic carbocycles. The van der Waals surface area contributed by atoms with Gasteiger partial charge in [-0.15, -0.1) is 0 Å². The molecule has 1 heterocycles. The molecule has 1 aromatic heterocycles. The average Bonchev–Trinajstić information content (AvgIpc) is 2.57. The molecule has 0 aliphatic rings. The Balaban J connectivity index is 2.54. The molecule has 150 valence electrons. The molecule has 1 aromatic rings. The molecule has 1 rings (SSSR count). The van der Waals surface area contributed by atoms with E-state index in [0.717, 1.165) is 5.75 Å². The summed E-state index contributed by atoms with van der Waals surface area (Å²) in [5.41, 5.74) is -0.622. The molecule has 0 fully saturated rings. The van der Waals surface area contributed by atoms with Gasteiger partial charge in [0.15, 0.2) is 0 Å². The van der Waals surface area contributed by atoms with E-state index >= 15 is 0 Å². The summed E-state index contributed by atoms with van der Waals surface area (Å²) in [6.07, 6.45) is 3.34. The van der Waals surface area contributed by atoms with E-state index < -0.39 is 23.5 Å². The van der Waals surface area contributed by atoms with Crippen LogP contribution in [0.25, 0.3) is 0 Å². The van der Waals surface area contributed by atoms with Gasteiger partial charge >= 0.3 is 17.9 Å². The van der Waals surface area contributed by atoms with E-state index in [0.29, 0.717) is 11.4 Å². The van der Waals surface area contributed by atoms with E-state index in [2.05, 4.69) is 20.9 Å². The molecular weight excluding hydrogens is 392 g/mol. The van der Waals surface area contributed by atoms with E-state index in [4.69, 9.17) is 16.3 Å². The Morgan fingerprint density at radius 1 is 1.26 bits per heavy atom. The topological polar surface area (TPSA) is 109 Å². The Hall–Kier alpha value is -2.00. The van der Waals surface area contributed by atoms with Gasteiger partial charge < -0.3 is 20.7 Å². The van der Waals surface area contributed by atoms with Crippen LogP contribution in [-0.2, 0) is 14.3 Å². The fourth-order valence-electron chi connectivity index (χ4n) is 1.88. The number of hydrogen-bond acceptors (Lipinski definition) is 6. The van der Waals surface area contributed by atoms with Crippen molar-refractivity contribution in [2.75, 3.05) is 23.9 Å². The van der Waals surface area contributed by atoms with Crippen molar-refractivity contribution in [1.29, 1.82) is 0 Å². The molecule has 1 atom stereocenters. The van der Waals surface area contributed by atoms with Crippen molar-refractivity contribution >= 4 is 47.1 Å². The number of amides is 3. The number of alkyl carbamates (subject to hydrolysis) is 1. The van der Waals surface area contributed by atoms with E-state index in [1.54, 1.807) is 38.6 Å². The van der Waals surface area contributed by atoms with Crippen LogP contribution in [-0.4, -0.2) is 53.1 Å². The number of ether oxygens (including phenoxy) is 1. The van der Waals surface area contributed by atoms with Crippen LogP contribution in [0.2, 0.25) is 5.02 Å². The molecule has 0 aliphatic heterocycles. The number of anilines is 1. The maximum atomic E-state index is 12.0. The zero-order valence-electron chi connectivity index (χ0n) is 15.8. The van der Waals surface area contributed by atoms with Crippen molar-refractivity contribution in [3.63, 3.8) is 0 Å². The van der Waals surface area contributed by atoms with E-state index in [-0.39, 0.29) is 18.4 Å². The molecule has 27 heavy (non-hydrogen) atoms. The predicted molar refractivity (Wildman–Crippen MR) is 107 cm³/mol. The van der Waals surface area contributed by atoms with Gasteiger partial charge in [-0.2, -0.15) is 11.8 Å². The summed E-state index contributed by atoms with van der Waals surface area (Å²) in [7, 11) is 0. The fraction of sp³-hybridized carbons (Fsp3) is 0.529. The molecule has 10 heteroatoms. The van der Waals surface area contributed by atoms with Gasteiger partial charge in [0, 0.05) is 12.7 Å². The Bertz CT molecular complexity index is 649. The first kappa shape index (κ1) is 23.0. The third-order valence-electron chi connectivity index (χ3n) is 3.08. The summed E-state index contributed by atoms with van der Waals surface area (Å²) in [5.74, 6) is -0.694. The van der Waals surface area contributed by atoms with Gasteiger partial charge in [-0.05, 0) is 51.3 Å². The van der Waals surface area contributed by atoms with Gasteiger partial charge in [-0.25, -0.2) is 9.78 Å². The van der Waals surface area contributed by atoms with Crippen LogP contribution >= 0.6 is 23.4 Å². The Kier molecular flexibility index (Phi) is 9.37. The summed E-state index contributed by atoms with van der Waals surface area (Å²) >= 11 is 7.33. The molecule has 0 unspecified atom stereocenters. The maximum absolute atomic E-state index is 12.0. The minimum absolute atomic E-state index is 0.0973. The van der Waals surface area contributed by atoms with Crippen LogP contribution in [0.5, 0.6) is 0 Å². The molecule has 0 bridgehead atoms. The number of carbonyl (C=O) groups is 3. The van der Waals surface area contributed by atoms with Gasteiger partial charge in [-0.3, -0.25) is 9.59 Å². The van der Waals surface area contributed by atoms with Crippen molar-refractivity contribution in [1.82, 2.24) is 15.6 Å². The number of nitrogens with zero attached hydrogens (tertiary/aromatic N) is 1. The molecule has 0 aliphatic carbocycles. The van der Waals surface area contributed by atoms with Crippen LogP contribution in [0.15, 0.2) is 18.3 Å². The number of nitrogens with one attached hydrogen (secondary N) is 3. The maximum Gasteiger partial charge on any atom is 0.407 e. The smallest absolute Gasteiger partial charge is 0.407 e. The third-order valence-corrected chi connectivity index (χ3v) is 3.94. The van der Waals surface area contributed by atoms with Crippen molar-refractivity contribution in [2.24, 2.45) is 0 Å². The molecular formula is C17H25ClN4O4S. The van der Waals surface area contributed by atoms with Crippen molar-refractivity contribution < 1.29 is 19.1 Å². The normalized spacial score (nSPS) is 12.0. The van der Waals surface area contributed by atoms with Gasteiger partial charge in [0.1, 0.15) is 11.4 Å². The molecule has 3 amide bonds. The number of hydrogen-bond donors (Lipinski definition) is 3. The monoisotopic (exact) mass is 416 g/mol. The summed E-state index contributed by atoms with van der Waals surface area (Å²) in [6.45, 7) is 5.39. The zero-order chi connectivity index (χ0) is 20.4. The largest absolute Gasteiger partial charge is 0.444 e. The second-order valence-corrected chi connectivity index (χ2v) is 8.07. The molecule has 0 saturated heterocycles. The predicted octanol–water partition coefficient (Wildman–Crippen LogP) is 2.44. The van der Waals surface area contributed by atoms with Gasteiger partial charge in [0.25, 0.3) is 0 Å². The standard InChI is InChI=1S/C17H25ClN4O4S/c1-17(2,3)26-16(25)21-12(7-8-27-4)10-20-14(23)15(24)22-13-6-5-11(18)9-19-13/h5-6,9,12H,7-8,10H2,1-4H3,(H,20,23)(H,21,25)(H,19,22,24)/t12-/m1/s1. The van der Waals surface area contributed by atoms with Gasteiger partial charge in [0.2, 0.25) is 0 Å². The van der Waals surface area contributed by atoms with Crippen LogP contribution < -0.4 is 16.0 Å². The first-order valence-electron chi connectivity index (χ1n) is 8.30. The second-order valence-electron chi connectivity index (χ2n) is 6.65. The van der Waals surface area contributed by atoms with Crippen LogP contribution in [0.4, 0.5) is 10.6 Å². The molecule has 0 saturated carbocycles. The number of carbonyl (C=O) groups excluding carboxylic acids is 3. The van der Waals surface area contributed by atoms with Crippen molar-refractivity contribution in [3.05, 3.63) is 23.4 Å². The lowest BCUT2D eigenvalue weighted by molar-refractivity contribution is -0.136. The SMILES string of the molecule is CSCC[C@H](CNC(=O)C(=O)Nc1ccc(Cl)cn1)NC(=O)OC(C)(C)C. The second kappa shape index (κ2) is 11.0. The first-order valence-corrected chi connectivity index (χ1v) is 10.1. The van der Waals surface area contributed by atoms with Crippen LogP contribution in [0.1, 0.15) is 27.2 Å². The number of aromatic nitrogens is 1. The third kappa shape index (κ3) is 10.0.